The van der Waals surface area contributed by atoms with Crippen molar-refractivity contribution in [1.29, 1.82) is 0 Å². The highest BCUT2D eigenvalue weighted by Crippen LogP contribution is 2.16. The van der Waals surface area contributed by atoms with Crippen molar-refractivity contribution < 1.29 is 28.6 Å². The molecule has 0 amide bonds. The highest BCUT2D eigenvalue weighted by Gasteiger charge is 2.19. The van der Waals surface area contributed by atoms with Crippen LogP contribution < -0.4 is 0 Å². The van der Waals surface area contributed by atoms with Crippen LogP contribution >= 0.6 is 0 Å². The van der Waals surface area contributed by atoms with E-state index < -0.39 is 6.10 Å². The summed E-state index contributed by atoms with van der Waals surface area (Å²) >= 11 is 0. The minimum absolute atomic E-state index is 0.0899. The van der Waals surface area contributed by atoms with Gasteiger partial charge in [-0.3, -0.25) is 14.4 Å². The quantitative estimate of drug-likeness (QED) is 0.0261. The van der Waals surface area contributed by atoms with Crippen LogP contribution in [-0.4, -0.2) is 37.2 Å². The molecular weight excluding hydrogens is 985 g/mol. The lowest BCUT2D eigenvalue weighted by Crippen LogP contribution is -2.30. The van der Waals surface area contributed by atoms with E-state index in [9.17, 15) is 14.4 Å². The van der Waals surface area contributed by atoms with Crippen molar-refractivity contribution in [2.75, 3.05) is 13.2 Å². The highest BCUT2D eigenvalue weighted by atomic mass is 16.6. The molecule has 0 spiro atoms. The predicted octanol–water partition coefficient (Wildman–Crippen LogP) is 23.2. The lowest BCUT2D eigenvalue weighted by molar-refractivity contribution is -0.167. The van der Waals surface area contributed by atoms with Gasteiger partial charge in [0, 0.05) is 19.3 Å². The highest BCUT2D eigenvalue weighted by molar-refractivity contribution is 5.71. The summed E-state index contributed by atoms with van der Waals surface area (Å²) in [6, 6.07) is 0. The Morgan fingerprint density at radius 3 is 0.787 bits per heavy atom. The van der Waals surface area contributed by atoms with Crippen molar-refractivity contribution in [3.8, 4) is 0 Å². The summed E-state index contributed by atoms with van der Waals surface area (Å²) in [6.45, 7) is 6.38. The fraction of sp³-hybridized carbons (Fsp3) is 0.689. The Morgan fingerprint density at radius 2 is 0.487 bits per heavy atom. The summed E-state index contributed by atoms with van der Waals surface area (Å²) in [5.41, 5.74) is 0. The number of carbonyl (C=O) groups excluding carboxylic acids is 3. The molecular formula is C74H124O6. The first-order valence-electron chi connectivity index (χ1n) is 33.5. The molecule has 0 saturated heterocycles. The predicted molar refractivity (Wildman–Crippen MR) is 348 cm³/mol. The number of hydrogen-bond acceptors (Lipinski definition) is 6. The molecule has 0 aliphatic heterocycles. The summed E-state index contributed by atoms with van der Waals surface area (Å²) in [4.78, 5) is 38.2. The van der Waals surface area contributed by atoms with Gasteiger partial charge < -0.3 is 14.2 Å². The van der Waals surface area contributed by atoms with Crippen LogP contribution in [0.2, 0.25) is 0 Å². The van der Waals surface area contributed by atoms with E-state index in [-0.39, 0.29) is 31.1 Å². The van der Waals surface area contributed by atoms with Gasteiger partial charge in [0.2, 0.25) is 0 Å². The van der Waals surface area contributed by atoms with Crippen molar-refractivity contribution >= 4 is 17.9 Å². The Labute approximate surface area is 494 Å². The lowest BCUT2D eigenvalue weighted by Gasteiger charge is -2.18. The van der Waals surface area contributed by atoms with Gasteiger partial charge in [-0.15, -0.1) is 0 Å². The van der Waals surface area contributed by atoms with Crippen molar-refractivity contribution in [2.45, 2.75) is 316 Å². The maximum atomic E-state index is 12.9. The van der Waals surface area contributed by atoms with Crippen LogP contribution in [0.1, 0.15) is 310 Å². The molecule has 0 aliphatic carbocycles. The summed E-state index contributed by atoms with van der Waals surface area (Å²) in [5, 5.41) is 0. The van der Waals surface area contributed by atoms with E-state index in [4.69, 9.17) is 14.2 Å². The molecule has 6 nitrogen and oxygen atoms in total. The zero-order chi connectivity index (χ0) is 57.8. The van der Waals surface area contributed by atoms with Gasteiger partial charge in [0.1, 0.15) is 13.2 Å². The largest absolute Gasteiger partial charge is 0.462 e. The van der Waals surface area contributed by atoms with E-state index in [1.165, 1.54) is 135 Å². The van der Waals surface area contributed by atoms with E-state index in [0.717, 1.165) is 135 Å². The van der Waals surface area contributed by atoms with Crippen molar-refractivity contribution in [3.05, 3.63) is 122 Å². The van der Waals surface area contributed by atoms with E-state index >= 15 is 0 Å². The molecule has 0 heterocycles. The molecule has 0 saturated carbocycles. The molecule has 0 fully saturated rings. The fourth-order valence-electron chi connectivity index (χ4n) is 9.22. The molecule has 1 atom stereocenters. The molecule has 0 rings (SSSR count). The fourth-order valence-corrected chi connectivity index (χ4v) is 9.22. The number of allylic oxidation sites excluding steroid dienone is 20. The van der Waals surface area contributed by atoms with E-state index in [0.29, 0.717) is 19.3 Å². The van der Waals surface area contributed by atoms with Crippen LogP contribution in [-0.2, 0) is 28.6 Å². The summed E-state index contributed by atoms with van der Waals surface area (Å²) in [7, 11) is 0. The molecule has 0 radical (unpaired) electrons. The molecule has 0 N–H and O–H groups in total. The van der Waals surface area contributed by atoms with Gasteiger partial charge in [-0.1, -0.05) is 284 Å². The maximum Gasteiger partial charge on any atom is 0.306 e. The number of hydrogen-bond donors (Lipinski definition) is 0. The molecule has 80 heavy (non-hydrogen) atoms. The SMILES string of the molecule is CC/C=C\C/C=C\C/C=C\C/C=C\C/C=C\C/C=C\CCCCCCCCCCCCCCCCCCC(=O)OCC(COC(=O)CCCCC/C=C\C/C=C\C/C=C\CC)OC(=O)CCCCCCC/C=C\CCCCCCC. The first kappa shape index (κ1) is 75.8. The molecule has 0 aromatic rings. The third kappa shape index (κ3) is 64.6. The normalized spacial score (nSPS) is 12.9. The smallest absolute Gasteiger partial charge is 0.306 e. The summed E-state index contributed by atoms with van der Waals surface area (Å²) in [5.74, 6) is -0.922. The zero-order valence-corrected chi connectivity index (χ0v) is 52.3. The zero-order valence-electron chi connectivity index (χ0n) is 52.3. The molecule has 0 aromatic carbocycles. The first-order chi connectivity index (χ1) is 39.5. The van der Waals surface area contributed by atoms with Crippen LogP contribution in [0.25, 0.3) is 0 Å². The molecule has 6 heteroatoms. The van der Waals surface area contributed by atoms with E-state index in [2.05, 4.69) is 142 Å². The number of esters is 3. The second-order valence-electron chi connectivity index (χ2n) is 22.0. The molecule has 0 aliphatic rings. The molecule has 1 unspecified atom stereocenters. The van der Waals surface area contributed by atoms with E-state index in [1.54, 1.807) is 0 Å². The van der Waals surface area contributed by atoms with Crippen LogP contribution in [0.4, 0.5) is 0 Å². The van der Waals surface area contributed by atoms with Gasteiger partial charge in [-0.2, -0.15) is 0 Å². The number of rotatable bonds is 60. The van der Waals surface area contributed by atoms with Gasteiger partial charge >= 0.3 is 17.9 Å². The standard InChI is InChI=1S/C74H124O6/c1-4-7-10-13-16-19-22-25-27-28-29-30-31-32-33-34-35-36-37-38-39-40-41-42-43-44-45-46-47-50-52-55-58-61-64-67-73(76)79-70-71(69-78-72(75)66-63-60-57-54-51-48-24-21-18-15-12-9-6-3)80-74(77)68-65-62-59-56-53-49-26-23-20-17-14-11-8-5-2/h7,9-10,12,16,18-19,21,23,25-27,29-30,32-33,35-36,48,51,71H,4-6,8,11,13-15,17,20,22,24,28,31,34,37-47,49-50,52-70H2,1-3H3/b10-7-,12-9-,19-16-,21-18-,26-23-,27-25-,30-29-,33-32-,36-35-,51-48-. The second-order valence-corrected chi connectivity index (χ2v) is 22.0. The Balaban J connectivity index is 4.15. The number of unbranched alkanes of at least 4 members (excludes halogenated alkanes) is 29. The van der Waals surface area contributed by atoms with Crippen LogP contribution in [0.15, 0.2) is 122 Å². The molecule has 0 aromatic heterocycles. The molecule has 456 valence electrons. The Hall–Kier alpha value is -4.19. The van der Waals surface area contributed by atoms with Crippen molar-refractivity contribution in [3.63, 3.8) is 0 Å². The topological polar surface area (TPSA) is 78.9 Å². The van der Waals surface area contributed by atoms with Crippen molar-refractivity contribution in [2.24, 2.45) is 0 Å². The third-order valence-corrected chi connectivity index (χ3v) is 14.2. The Bertz CT molecular complexity index is 1650. The van der Waals surface area contributed by atoms with Crippen LogP contribution in [0.5, 0.6) is 0 Å². The maximum absolute atomic E-state index is 12.9. The Kier molecular flexibility index (Phi) is 63.8. The molecule has 0 bridgehead atoms. The van der Waals surface area contributed by atoms with Gasteiger partial charge in [0.05, 0.1) is 0 Å². The number of carbonyl (C=O) groups is 3. The van der Waals surface area contributed by atoms with Crippen molar-refractivity contribution in [1.82, 2.24) is 0 Å². The first-order valence-corrected chi connectivity index (χ1v) is 33.5. The van der Waals surface area contributed by atoms with Gasteiger partial charge in [-0.25, -0.2) is 0 Å². The summed E-state index contributed by atoms with van der Waals surface area (Å²) in [6.07, 6.45) is 93.7. The Morgan fingerprint density at radius 1 is 0.263 bits per heavy atom. The van der Waals surface area contributed by atoms with Gasteiger partial charge in [0.25, 0.3) is 0 Å². The van der Waals surface area contributed by atoms with Gasteiger partial charge in [-0.05, 0) is 128 Å². The second kappa shape index (κ2) is 67.3. The minimum atomic E-state index is -0.795. The van der Waals surface area contributed by atoms with Gasteiger partial charge in [0.15, 0.2) is 6.10 Å². The van der Waals surface area contributed by atoms with E-state index in [1.807, 2.05) is 0 Å². The minimum Gasteiger partial charge on any atom is -0.462 e. The average Bonchev–Trinajstić information content (AvgIpc) is 3.46. The third-order valence-electron chi connectivity index (χ3n) is 14.2. The van der Waals surface area contributed by atoms with Crippen LogP contribution in [0.3, 0.4) is 0 Å². The lowest BCUT2D eigenvalue weighted by atomic mass is 10.0. The number of ether oxygens (including phenoxy) is 3. The summed E-state index contributed by atoms with van der Waals surface area (Å²) < 4.78 is 16.9. The monoisotopic (exact) mass is 1110 g/mol. The average molecular weight is 1110 g/mol. The van der Waals surface area contributed by atoms with Crippen LogP contribution in [0, 0.1) is 0 Å².